The third kappa shape index (κ3) is 7.47. The highest BCUT2D eigenvalue weighted by Crippen LogP contribution is 2.28. The predicted molar refractivity (Wildman–Crippen MR) is 153 cm³/mol. The first-order chi connectivity index (χ1) is 19.5. The van der Waals surface area contributed by atoms with E-state index in [9.17, 15) is 14.0 Å². The van der Waals surface area contributed by atoms with Crippen LogP contribution in [0.4, 0.5) is 4.39 Å². The predicted octanol–water partition coefficient (Wildman–Crippen LogP) is 5.51. The highest BCUT2D eigenvalue weighted by Gasteiger charge is 2.31. The molecule has 0 aromatic heterocycles. The normalized spacial score (nSPS) is 11.4. The second kappa shape index (κ2) is 13.9. The van der Waals surface area contributed by atoms with Crippen LogP contribution in [-0.2, 0) is 29.0 Å². The summed E-state index contributed by atoms with van der Waals surface area (Å²) in [4.78, 5) is 29.1. The van der Waals surface area contributed by atoms with Crippen LogP contribution in [0, 0.1) is 5.82 Å². The van der Waals surface area contributed by atoms with Crippen LogP contribution in [0.15, 0.2) is 103 Å². The van der Waals surface area contributed by atoms with Crippen molar-refractivity contribution in [2.75, 3.05) is 20.8 Å². The van der Waals surface area contributed by atoms with Gasteiger partial charge in [0.05, 0.1) is 20.6 Å². The molecule has 206 valence electrons. The van der Waals surface area contributed by atoms with Crippen LogP contribution in [0.25, 0.3) is 0 Å². The monoisotopic (exact) mass is 540 g/mol. The van der Waals surface area contributed by atoms with Gasteiger partial charge in [0.2, 0.25) is 11.8 Å². The quantitative estimate of drug-likeness (QED) is 0.257. The summed E-state index contributed by atoms with van der Waals surface area (Å²) in [5, 5.41) is 3.03. The fourth-order valence-corrected chi connectivity index (χ4v) is 4.55. The lowest BCUT2D eigenvalue weighted by molar-refractivity contribution is -0.141. The van der Waals surface area contributed by atoms with E-state index in [1.165, 1.54) is 12.1 Å². The Labute approximate surface area is 234 Å². The number of amides is 2. The van der Waals surface area contributed by atoms with E-state index in [2.05, 4.69) is 5.32 Å². The number of hydrogen-bond donors (Lipinski definition) is 1. The number of rotatable bonds is 12. The fraction of sp³-hybridized carbons (Fsp3) is 0.212. The van der Waals surface area contributed by atoms with E-state index >= 15 is 0 Å². The van der Waals surface area contributed by atoms with Crippen molar-refractivity contribution in [1.82, 2.24) is 10.2 Å². The highest BCUT2D eigenvalue weighted by molar-refractivity contribution is 5.89. The molecule has 4 aromatic rings. The lowest BCUT2D eigenvalue weighted by atomic mass is 10.0. The summed E-state index contributed by atoms with van der Waals surface area (Å²) in [5.41, 5.74) is 3.23. The molecule has 40 heavy (non-hydrogen) atoms. The number of methoxy groups -OCH3 is 2. The third-order valence-corrected chi connectivity index (χ3v) is 6.62. The van der Waals surface area contributed by atoms with Gasteiger partial charge in [0, 0.05) is 13.1 Å². The summed E-state index contributed by atoms with van der Waals surface area (Å²) in [5.74, 6) is 0.381. The standard InChI is InChI=1S/C33H33FN2O4/c1-39-29-18-15-25(21-30(29)40-2)19-20-35-33(38)32(27-11-7-4-8-12-27)36(23-26-13-16-28(34)17-14-26)31(37)22-24-9-5-3-6-10-24/h3-18,21,32H,19-20,22-23H2,1-2H3,(H,35,38)/t32-/m1/s1. The summed E-state index contributed by atoms with van der Waals surface area (Å²) < 4.78 is 24.3. The molecule has 0 unspecified atom stereocenters. The van der Waals surface area contributed by atoms with Gasteiger partial charge >= 0.3 is 0 Å². The number of nitrogens with zero attached hydrogens (tertiary/aromatic N) is 1. The zero-order chi connectivity index (χ0) is 28.3. The molecule has 0 aliphatic carbocycles. The summed E-state index contributed by atoms with van der Waals surface area (Å²) in [6.45, 7) is 0.503. The Hall–Kier alpha value is -4.65. The van der Waals surface area contributed by atoms with Crippen molar-refractivity contribution in [3.05, 3.63) is 131 Å². The van der Waals surface area contributed by atoms with E-state index in [1.54, 1.807) is 31.3 Å². The summed E-state index contributed by atoms with van der Waals surface area (Å²) in [7, 11) is 3.16. The lowest BCUT2D eigenvalue weighted by Gasteiger charge is -2.32. The van der Waals surface area contributed by atoms with Crippen LogP contribution in [0.1, 0.15) is 28.3 Å². The smallest absolute Gasteiger partial charge is 0.247 e. The molecule has 1 atom stereocenters. The molecule has 2 amide bonds. The van der Waals surface area contributed by atoms with E-state index < -0.39 is 6.04 Å². The van der Waals surface area contributed by atoms with Crippen molar-refractivity contribution in [2.45, 2.75) is 25.4 Å². The molecule has 4 rings (SSSR count). The molecule has 0 spiro atoms. The molecular weight excluding hydrogens is 507 g/mol. The van der Waals surface area contributed by atoms with Crippen molar-refractivity contribution in [3.8, 4) is 11.5 Å². The first-order valence-corrected chi connectivity index (χ1v) is 13.1. The summed E-state index contributed by atoms with van der Waals surface area (Å²) in [6.07, 6.45) is 0.688. The minimum Gasteiger partial charge on any atom is -0.493 e. The average Bonchev–Trinajstić information content (AvgIpc) is 2.98. The van der Waals surface area contributed by atoms with Crippen LogP contribution in [0.5, 0.6) is 11.5 Å². The number of nitrogens with one attached hydrogen (secondary N) is 1. The number of ether oxygens (including phenoxy) is 2. The largest absolute Gasteiger partial charge is 0.493 e. The summed E-state index contributed by atoms with van der Waals surface area (Å²) in [6, 6.07) is 29.4. The molecule has 0 heterocycles. The van der Waals surface area contributed by atoms with Gasteiger partial charge in [-0.05, 0) is 52.9 Å². The van der Waals surface area contributed by atoms with Crippen LogP contribution in [0.3, 0.4) is 0 Å². The van der Waals surface area contributed by atoms with Crippen molar-refractivity contribution in [3.63, 3.8) is 0 Å². The van der Waals surface area contributed by atoms with Gasteiger partial charge in [-0.1, -0.05) is 78.9 Å². The number of halogens is 1. The Morgan fingerprint density at radius 3 is 2.05 bits per heavy atom. The van der Waals surface area contributed by atoms with Gasteiger partial charge in [0.15, 0.2) is 11.5 Å². The molecule has 0 aliphatic rings. The van der Waals surface area contributed by atoms with Crippen molar-refractivity contribution >= 4 is 11.8 Å². The summed E-state index contributed by atoms with van der Waals surface area (Å²) >= 11 is 0. The Balaban J connectivity index is 1.59. The van der Waals surface area contributed by atoms with Gasteiger partial charge in [-0.3, -0.25) is 9.59 Å². The SMILES string of the molecule is COc1ccc(CCNC(=O)[C@@H](c2ccccc2)N(Cc2ccc(F)cc2)C(=O)Cc2ccccc2)cc1OC. The van der Waals surface area contributed by atoms with E-state index in [1.807, 2.05) is 78.9 Å². The maximum atomic E-state index is 13.8. The zero-order valence-corrected chi connectivity index (χ0v) is 22.7. The first-order valence-electron chi connectivity index (χ1n) is 13.1. The molecule has 0 radical (unpaired) electrons. The lowest BCUT2D eigenvalue weighted by Crippen LogP contribution is -2.44. The molecule has 7 heteroatoms. The molecule has 0 aliphatic heterocycles. The van der Waals surface area contributed by atoms with Crippen LogP contribution in [0.2, 0.25) is 0 Å². The molecule has 0 bridgehead atoms. The Bertz CT molecular complexity index is 1400. The Kier molecular flexibility index (Phi) is 9.88. The number of carbonyl (C=O) groups excluding carboxylic acids is 2. The van der Waals surface area contributed by atoms with E-state index in [4.69, 9.17) is 9.47 Å². The minimum atomic E-state index is -0.882. The number of benzene rings is 4. The Morgan fingerprint density at radius 1 is 0.775 bits per heavy atom. The maximum absolute atomic E-state index is 13.8. The topological polar surface area (TPSA) is 67.9 Å². The van der Waals surface area contributed by atoms with Gasteiger partial charge < -0.3 is 19.7 Å². The van der Waals surface area contributed by atoms with Gasteiger partial charge in [-0.25, -0.2) is 4.39 Å². The van der Waals surface area contributed by atoms with Crippen molar-refractivity contribution < 1.29 is 23.5 Å². The molecule has 0 saturated carbocycles. The second-order valence-electron chi connectivity index (χ2n) is 9.35. The van der Waals surface area contributed by atoms with E-state index in [0.717, 1.165) is 16.7 Å². The van der Waals surface area contributed by atoms with E-state index in [0.29, 0.717) is 30.0 Å². The zero-order valence-electron chi connectivity index (χ0n) is 22.7. The number of hydrogen-bond acceptors (Lipinski definition) is 4. The van der Waals surface area contributed by atoms with Gasteiger partial charge in [-0.2, -0.15) is 0 Å². The second-order valence-corrected chi connectivity index (χ2v) is 9.35. The van der Waals surface area contributed by atoms with Crippen molar-refractivity contribution in [1.29, 1.82) is 0 Å². The van der Waals surface area contributed by atoms with Crippen LogP contribution >= 0.6 is 0 Å². The van der Waals surface area contributed by atoms with Crippen molar-refractivity contribution in [2.24, 2.45) is 0 Å². The maximum Gasteiger partial charge on any atom is 0.247 e. The molecule has 4 aromatic carbocycles. The van der Waals surface area contributed by atoms with Gasteiger partial charge in [0.25, 0.3) is 0 Å². The number of carbonyl (C=O) groups is 2. The van der Waals surface area contributed by atoms with Gasteiger partial charge in [-0.15, -0.1) is 0 Å². The first kappa shape index (κ1) is 28.4. The molecule has 0 saturated heterocycles. The molecular formula is C33H33FN2O4. The van der Waals surface area contributed by atoms with Gasteiger partial charge in [0.1, 0.15) is 11.9 Å². The molecule has 6 nitrogen and oxygen atoms in total. The third-order valence-electron chi connectivity index (χ3n) is 6.62. The molecule has 0 fully saturated rings. The van der Waals surface area contributed by atoms with E-state index in [-0.39, 0.29) is 30.6 Å². The minimum absolute atomic E-state index is 0.129. The molecule has 1 N–H and O–H groups in total. The average molecular weight is 541 g/mol. The van der Waals surface area contributed by atoms with Crippen LogP contribution in [-0.4, -0.2) is 37.5 Å². The fourth-order valence-electron chi connectivity index (χ4n) is 4.55. The Morgan fingerprint density at radius 2 is 1.40 bits per heavy atom. The highest BCUT2D eigenvalue weighted by atomic mass is 19.1. The van der Waals surface area contributed by atoms with Crippen LogP contribution < -0.4 is 14.8 Å².